The number of rotatable bonds is 2. The number of nitrogen functional groups attached to an aromatic ring is 1. The molecule has 3 nitrogen and oxygen atoms in total. The minimum Gasteiger partial charge on any atom is -0.389 e. The second kappa shape index (κ2) is 3.00. The molecule has 0 aliphatic rings. The minimum absolute atomic E-state index is 0.443. The quantitative estimate of drug-likeness (QED) is 0.661. The van der Waals surface area contributed by atoms with Crippen molar-refractivity contribution in [2.24, 2.45) is 0 Å². The Balaban J connectivity index is 3.07. The Morgan fingerprint density at radius 2 is 2.36 bits per heavy atom. The summed E-state index contributed by atoms with van der Waals surface area (Å²) in [5.41, 5.74) is 6.72. The highest BCUT2D eigenvalue weighted by Crippen LogP contribution is 2.21. The van der Waals surface area contributed by atoms with Gasteiger partial charge in [0.05, 0.1) is 10.7 Å². The summed E-state index contributed by atoms with van der Waals surface area (Å²) >= 11 is 1.47. The van der Waals surface area contributed by atoms with Gasteiger partial charge in [0.2, 0.25) is 0 Å². The van der Waals surface area contributed by atoms with Crippen molar-refractivity contribution in [3.8, 4) is 0 Å². The van der Waals surface area contributed by atoms with Crippen LogP contribution in [-0.2, 0) is 6.42 Å². The Kier molecular flexibility index (Phi) is 2.24. The van der Waals surface area contributed by atoms with Crippen molar-refractivity contribution in [3.63, 3.8) is 0 Å². The van der Waals surface area contributed by atoms with Gasteiger partial charge in [-0.05, 0) is 13.3 Å². The maximum atomic E-state index is 7.33. The maximum Gasteiger partial charge on any atom is 0.118 e. The van der Waals surface area contributed by atoms with E-state index >= 15 is 0 Å². The first kappa shape index (κ1) is 8.20. The van der Waals surface area contributed by atoms with Crippen molar-refractivity contribution in [3.05, 3.63) is 10.7 Å². The molecule has 4 heteroatoms. The lowest BCUT2D eigenvalue weighted by molar-refractivity contribution is 1.09. The van der Waals surface area contributed by atoms with E-state index < -0.39 is 0 Å². The Morgan fingerprint density at radius 3 is 2.64 bits per heavy atom. The number of hydrogen-bond acceptors (Lipinski definition) is 4. The van der Waals surface area contributed by atoms with E-state index in [0.29, 0.717) is 16.4 Å². The van der Waals surface area contributed by atoms with Gasteiger partial charge in [-0.15, -0.1) is 11.3 Å². The zero-order valence-electron chi connectivity index (χ0n) is 6.64. The van der Waals surface area contributed by atoms with E-state index in [4.69, 9.17) is 11.1 Å². The van der Waals surface area contributed by atoms with Gasteiger partial charge < -0.3 is 11.1 Å². The summed E-state index contributed by atoms with van der Waals surface area (Å²) in [6.45, 7) is 3.73. The summed E-state index contributed by atoms with van der Waals surface area (Å²) in [4.78, 5) is 4.20. The number of aryl methyl sites for hydroxylation is 1. The lowest BCUT2D eigenvalue weighted by Gasteiger charge is -1.89. The summed E-state index contributed by atoms with van der Waals surface area (Å²) in [5, 5.41) is 8.99. The Bertz CT molecular complexity index is 277. The third-order valence-corrected chi connectivity index (χ3v) is 2.38. The number of aromatic nitrogens is 1. The Labute approximate surface area is 69.8 Å². The van der Waals surface area contributed by atoms with Crippen molar-refractivity contribution in [1.82, 2.24) is 4.98 Å². The number of thiazole rings is 1. The topological polar surface area (TPSA) is 62.8 Å². The molecule has 11 heavy (non-hydrogen) atoms. The molecule has 0 atom stereocenters. The van der Waals surface area contributed by atoms with Gasteiger partial charge in [-0.25, -0.2) is 4.98 Å². The van der Waals surface area contributed by atoms with Gasteiger partial charge in [0.25, 0.3) is 0 Å². The van der Waals surface area contributed by atoms with Crippen LogP contribution in [0.5, 0.6) is 0 Å². The van der Waals surface area contributed by atoms with Gasteiger partial charge in [0.1, 0.15) is 10.7 Å². The maximum absolute atomic E-state index is 7.33. The second-order valence-corrected chi connectivity index (χ2v) is 3.41. The highest BCUT2D eigenvalue weighted by atomic mass is 32.1. The van der Waals surface area contributed by atoms with Gasteiger partial charge in [0, 0.05) is 0 Å². The molecule has 1 aromatic rings. The molecule has 0 bridgehead atoms. The van der Waals surface area contributed by atoms with Gasteiger partial charge in [-0.2, -0.15) is 0 Å². The van der Waals surface area contributed by atoms with E-state index in [0.717, 1.165) is 11.4 Å². The van der Waals surface area contributed by atoms with Crippen molar-refractivity contribution < 1.29 is 0 Å². The van der Waals surface area contributed by atoms with Crippen LogP contribution >= 0.6 is 11.3 Å². The van der Waals surface area contributed by atoms with Crippen LogP contribution in [0.1, 0.15) is 24.5 Å². The summed E-state index contributed by atoms with van der Waals surface area (Å²) < 4.78 is 0. The van der Waals surface area contributed by atoms with Crippen LogP contribution in [0.25, 0.3) is 0 Å². The molecule has 60 valence electrons. The van der Waals surface area contributed by atoms with Crippen molar-refractivity contribution in [1.29, 1.82) is 5.41 Å². The lowest BCUT2D eigenvalue weighted by Crippen LogP contribution is -1.97. The van der Waals surface area contributed by atoms with Crippen LogP contribution in [0.15, 0.2) is 0 Å². The molecular formula is C7H11N3S. The average Bonchev–Trinajstić information content (AvgIpc) is 2.30. The number of hydrogen-bond donors (Lipinski definition) is 2. The first-order chi connectivity index (χ1) is 5.15. The van der Waals surface area contributed by atoms with Crippen LogP contribution in [-0.4, -0.2) is 10.7 Å². The summed E-state index contributed by atoms with van der Waals surface area (Å²) in [7, 11) is 0. The van der Waals surface area contributed by atoms with E-state index in [-0.39, 0.29) is 0 Å². The Hall–Kier alpha value is -0.900. The first-order valence-electron chi connectivity index (χ1n) is 3.45. The summed E-state index contributed by atoms with van der Waals surface area (Å²) in [5.74, 6) is 0. The fourth-order valence-corrected chi connectivity index (χ4v) is 1.63. The molecule has 3 N–H and O–H groups in total. The molecule has 1 rings (SSSR count). The highest BCUT2D eigenvalue weighted by Gasteiger charge is 2.07. The van der Waals surface area contributed by atoms with Crippen LogP contribution in [0.2, 0.25) is 0 Å². The fraction of sp³-hybridized carbons (Fsp3) is 0.429. The third kappa shape index (κ3) is 1.57. The van der Waals surface area contributed by atoms with E-state index in [9.17, 15) is 0 Å². The molecule has 0 saturated heterocycles. The van der Waals surface area contributed by atoms with Crippen molar-refractivity contribution in [2.45, 2.75) is 20.3 Å². The molecule has 0 aliphatic heterocycles. The molecule has 0 spiro atoms. The number of anilines is 1. The summed E-state index contributed by atoms with van der Waals surface area (Å²) in [6, 6.07) is 0. The van der Waals surface area contributed by atoms with Crippen molar-refractivity contribution >= 4 is 22.0 Å². The van der Waals surface area contributed by atoms with Crippen molar-refractivity contribution in [2.75, 3.05) is 5.73 Å². The fourth-order valence-electron chi connectivity index (χ4n) is 0.798. The van der Waals surface area contributed by atoms with E-state index in [1.54, 1.807) is 6.92 Å². The first-order valence-corrected chi connectivity index (χ1v) is 4.27. The molecule has 0 aromatic carbocycles. The van der Waals surface area contributed by atoms with Crippen LogP contribution < -0.4 is 5.73 Å². The predicted octanol–water partition coefficient (Wildman–Crippen LogP) is 1.68. The summed E-state index contributed by atoms with van der Waals surface area (Å²) in [6.07, 6.45) is 0.891. The standard InChI is InChI=1S/C7H11N3S/c1-3-5-10-6(4(2)8)7(9)11-5/h8H,3,9H2,1-2H3. The molecule has 0 saturated carbocycles. The van der Waals surface area contributed by atoms with Gasteiger partial charge >= 0.3 is 0 Å². The molecule has 0 radical (unpaired) electrons. The molecule has 0 fully saturated rings. The zero-order valence-corrected chi connectivity index (χ0v) is 7.46. The monoisotopic (exact) mass is 169 g/mol. The second-order valence-electron chi connectivity index (χ2n) is 2.30. The largest absolute Gasteiger partial charge is 0.389 e. The molecule has 0 unspecified atom stereocenters. The van der Waals surface area contributed by atoms with Crippen LogP contribution in [0.3, 0.4) is 0 Å². The van der Waals surface area contributed by atoms with Gasteiger partial charge in [0.15, 0.2) is 0 Å². The minimum atomic E-state index is 0.443. The van der Waals surface area contributed by atoms with E-state index in [1.165, 1.54) is 11.3 Å². The number of nitrogens with zero attached hydrogens (tertiary/aromatic N) is 1. The SMILES string of the molecule is CCc1nc(C(C)=N)c(N)s1. The number of nitrogens with two attached hydrogens (primary N) is 1. The molecule has 1 aromatic heterocycles. The smallest absolute Gasteiger partial charge is 0.118 e. The van der Waals surface area contributed by atoms with E-state index in [1.807, 2.05) is 6.92 Å². The average molecular weight is 169 g/mol. The van der Waals surface area contributed by atoms with Gasteiger partial charge in [-0.1, -0.05) is 6.92 Å². The molecule has 0 aliphatic carbocycles. The predicted molar refractivity (Wildman–Crippen MR) is 48.4 cm³/mol. The lowest BCUT2D eigenvalue weighted by atomic mass is 10.3. The number of nitrogens with one attached hydrogen (secondary N) is 1. The van der Waals surface area contributed by atoms with Gasteiger partial charge in [-0.3, -0.25) is 0 Å². The van der Waals surface area contributed by atoms with Crippen LogP contribution in [0, 0.1) is 5.41 Å². The molecular weight excluding hydrogens is 158 g/mol. The normalized spacial score (nSPS) is 10.0. The van der Waals surface area contributed by atoms with E-state index in [2.05, 4.69) is 4.98 Å². The molecule has 1 heterocycles. The highest BCUT2D eigenvalue weighted by molar-refractivity contribution is 7.15. The van der Waals surface area contributed by atoms with Crippen LogP contribution in [0.4, 0.5) is 5.00 Å². The molecule has 0 amide bonds. The Morgan fingerprint density at radius 1 is 1.73 bits per heavy atom. The zero-order chi connectivity index (χ0) is 8.43. The third-order valence-electron chi connectivity index (χ3n) is 1.36.